The summed E-state index contributed by atoms with van der Waals surface area (Å²) in [6, 6.07) is 80.9. The quantitative estimate of drug-likeness (QED) is 0.0196. The fraction of sp³-hybridized carbons (Fsp3) is 0.350. The standard InChI is InChI=1S/C120H126O24/c1-121-31-37-127-43-49-133-55-61-139-91-19-7-79(8-20-91)85-67-97-99-69-86(80-9-21-92(22-10-80)140-62-56-134-50-44-128-38-32-122-2)71-101-103-73-88(82-13-25-94(26-14-82)142-64-58-136-52-46-130-40-34-124-4)75-105-107-77-90(84-17-29-96(30-18-84)144-66-60-138-54-48-132-42-36-126-6)78-108-106-76-89(83-15-27-95(28-16-83)143-65-59-137-53-47-131-41-35-125-5)74-104-102-72-87(81-11-23-93(24-12-81)141-63-57-135-51-45-129-39-33-123-3)70-100-98(68-85)109(97)115-116(110(99)101)118(112(103)105)120(114(107)108)119(113(104)106)117(115)111(100)102/h7-30,67-78H,31-66H2,1-6H3. The van der Waals surface area contributed by atoms with Crippen molar-refractivity contribution in [3.63, 3.8) is 0 Å². The molecule has 0 saturated carbocycles. The Labute approximate surface area is 838 Å². The fourth-order valence-electron chi connectivity index (χ4n) is 19.8. The Morgan fingerprint density at radius 1 is 0.111 bits per heavy atom. The predicted octanol–water partition coefficient (Wildman–Crippen LogP) is 22.5. The minimum Gasteiger partial charge on any atom is -0.491 e. The Hall–Kier alpha value is -12.1. The van der Waals surface area contributed by atoms with E-state index in [4.69, 9.17) is 114 Å². The third-order valence-corrected chi connectivity index (χ3v) is 26.5. The molecule has 24 heteroatoms. The minimum atomic E-state index is 0.366. The third-order valence-electron chi connectivity index (χ3n) is 26.5. The Kier molecular flexibility index (Phi) is 35.1. The zero-order chi connectivity index (χ0) is 98.1. The fourth-order valence-corrected chi connectivity index (χ4v) is 19.8. The van der Waals surface area contributed by atoms with Crippen LogP contribution in [0.4, 0.5) is 0 Å². The van der Waals surface area contributed by atoms with Crippen molar-refractivity contribution in [2.45, 2.75) is 0 Å². The molecule has 19 aromatic carbocycles. The number of hydrogen-bond donors (Lipinski definition) is 0. The van der Waals surface area contributed by atoms with Gasteiger partial charge in [-0.2, -0.15) is 0 Å². The first kappa shape index (κ1) is 101. The predicted molar refractivity (Wildman–Crippen MR) is 570 cm³/mol. The van der Waals surface area contributed by atoms with Gasteiger partial charge < -0.3 is 114 Å². The van der Waals surface area contributed by atoms with Crippen LogP contribution in [0.15, 0.2) is 218 Å². The second-order valence-corrected chi connectivity index (χ2v) is 35.5. The summed E-state index contributed by atoms with van der Waals surface area (Å²) in [5.74, 6) is 4.42. The summed E-state index contributed by atoms with van der Waals surface area (Å²) in [6.07, 6.45) is 0. The van der Waals surface area contributed by atoms with E-state index in [0.29, 0.717) is 238 Å². The number of benzene rings is 19. The van der Waals surface area contributed by atoms with E-state index in [-0.39, 0.29) is 0 Å². The van der Waals surface area contributed by atoms with Crippen molar-refractivity contribution in [1.29, 1.82) is 0 Å². The van der Waals surface area contributed by atoms with Gasteiger partial charge in [0, 0.05) is 42.7 Å². The highest BCUT2D eigenvalue weighted by Crippen LogP contribution is 2.63. The van der Waals surface area contributed by atoms with E-state index in [0.717, 1.165) is 166 Å². The zero-order valence-corrected chi connectivity index (χ0v) is 83.0. The van der Waals surface area contributed by atoms with Crippen LogP contribution in [0.2, 0.25) is 0 Å². The number of fused-ring (bicyclic) bond motifs is 6. The molecule has 144 heavy (non-hydrogen) atoms. The van der Waals surface area contributed by atoms with Gasteiger partial charge in [0.2, 0.25) is 0 Å². The Morgan fingerprint density at radius 3 is 0.326 bits per heavy atom. The molecule has 750 valence electrons. The van der Waals surface area contributed by atoms with E-state index in [1.54, 1.807) is 42.7 Å². The lowest BCUT2D eigenvalue weighted by atomic mass is 9.72. The molecule has 0 aliphatic heterocycles. The highest BCUT2D eigenvalue weighted by Gasteiger charge is 2.34. The Morgan fingerprint density at radius 2 is 0.215 bits per heavy atom. The van der Waals surface area contributed by atoms with Gasteiger partial charge in [-0.3, -0.25) is 0 Å². The largest absolute Gasteiger partial charge is 0.491 e. The van der Waals surface area contributed by atoms with E-state index in [9.17, 15) is 0 Å². The van der Waals surface area contributed by atoms with E-state index in [1.807, 2.05) is 0 Å². The van der Waals surface area contributed by atoms with Crippen LogP contribution in [-0.2, 0) is 85.3 Å². The van der Waals surface area contributed by atoms with Gasteiger partial charge in [-0.1, -0.05) is 72.8 Å². The SMILES string of the molecule is COCCOCCOCCOc1ccc(-c2cc3c4cc(-c5ccc(OCCOCCOCCOC)cc5)cc5c6cc(-c7ccc(OCCOCCOCCOC)cc7)cc7c8cc(-c9ccc(OCCOCCOCCOC)cc9)cc9c%10cc(-c%11ccc(OCCOCCOCCOC)cc%11)cc%11c%12cc(-c%13ccc(OCCOCCOCCOC)cc%13)cc%13c(c2)c3c2c(c45)c(c67)c(c89)c(c%11%10)c2c%13%12)cc1. The molecular weight excluding hydrogens is 1830 g/mol. The molecule has 0 saturated heterocycles. The minimum absolute atomic E-state index is 0.366. The number of methoxy groups -OCH3 is 6. The molecule has 0 bridgehead atoms. The number of hydrogen-bond acceptors (Lipinski definition) is 24. The maximum absolute atomic E-state index is 6.45. The van der Waals surface area contributed by atoms with Crippen LogP contribution >= 0.6 is 0 Å². The highest BCUT2D eigenvalue weighted by molar-refractivity contribution is 6.61. The van der Waals surface area contributed by atoms with Crippen molar-refractivity contribution in [2.24, 2.45) is 0 Å². The lowest BCUT2D eigenvalue weighted by Gasteiger charge is -2.30. The smallest absolute Gasteiger partial charge is 0.119 e. The summed E-state index contributed by atoms with van der Waals surface area (Å²) in [5, 5.41) is 28.2. The first-order valence-corrected chi connectivity index (χ1v) is 49.9. The van der Waals surface area contributed by atoms with Gasteiger partial charge >= 0.3 is 0 Å². The molecule has 0 aromatic heterocycles. The van der Waals surface area contributed by atoms with Crippen molar-refractivity contribution in [3.8, 4) is 101 Å². The van der Waals surface area contributed by atoms with Gasteiger partial charge in [-0.25, -0.2) is 0 Å². The van der Waals surface area contributed by atoms with Crippen molar-refractivity contribution in [1.82, 2.24) is 0 Å². The molecule has 0 N–H and O–H groups in total. The number of ether oxygens (including phenoxy) is 24. The van der Waals surface area contributed by atoms with Crippen LogP contribution < -0.4 is 28.4 Å². The van der Waals surface area contributed by atoms with Crippen molar-refractivity contribution < 1.29 is 114 Å². The molecule has 0 amide bonds. The topological polar surface area (TPSA) is 222 Å². The van der Waals surface area contributed by atoms with E-state index < -0.39 is 0 Å². The highest BCUT2D eigenvalue weighted by atomic mass is 16.6. The maximum atomic E-state index is 6.45. The molecule has 0 spiro atoms. The van der Waals surface area contributed by atoms with Gasteiger partial charge in [0.05, 0.1) is 198 Å². The third kappa shape index (κ3) is 23.1. The van der Waals surface area contributed by atoms with E-state index in [1.165, 1.54) is 64.6 Å². The zero-order valence-electron chi connectivity index (χ0n) is 83.0. The van der Waals surface area contributed by atoms with E-state index >= 15 is 0 Å². The number of rotatable bonds is 66. The Bertz CT molecular complexity index is 5920. The molecule has 0 fully saturated rings. The van der Waals surface area contributed by atoms with Gasteiger partial charge in [0.15, 0.2) is 0 Å². The molecule has 0 heterocycles. The van der Waals surface area contributed by atoms with Crippen molar-refractivity contribution in [2.75, 3.05) is 281 Å². The van der Waals surface area contributed by atoms with Gasteiger partial charge in [-0.05, 0) is 342 Å². The van der Waals surface area contributed by atoms with Crippen LogP contribution in [0.25, 0.3) is 196 Å². The molecule has 0 radical (unpaired) electrons. The van der Waals surface area contributed by atoms with Gasteiger partial charge in [0.1, 0.15) is 74.1 Å². The lowest BCUT2D eigenvalue weighted by molar-refractivity contribution is 0.0180. The summed E-state index contributed by atoms with van der Waals surface area (Å²) in [7, 11) is 10.0. The second-order valence-electron chi connectivity index (χ2n) is 35.5. The molecular formula is C120H126O24. The summed E-state index contributed by atoms with van der Waals surface area (Å²) in [4.78, 5) is 0. The summed E-state index contributed by atoms with van der Waals surface area (Å²) >= 11 is 0. The van der Waals surface area contributed by atoms with Crippen LogP contribution in [0.3, 0.4) is 0 Å². The van der Waals surface area contributed by atoms with Crippen LogP contribution in [0.5, 0.6) is 34.5 Å². The molecule has 0 unspecified atom stereocenters. The first-order valence-electron chi connectivity index (χ1n) is 49.9. The summed E-state index contributed by atoms with van der Waals surface area (Å²) in [6.45, 7) is 16.3. The first-order chi connectivity index (χ1) is 71.3. The monoisotopic (exact) mass is 1950 g/mol. The molecule has 0 aliphatic carbocycles. The van der Waals surface area contributed by atoms with Crippen molar-refractivity contribution >= 4 is 129 Å². The summed E-state index contributed by atoms with van der Waals surface area (Å²) < 4.78 is 140. The van der Waals surface area contributed by atoms with Gasteiger partial charge in [0.25, 0.3) is 0 Å². The van der Waals surface area contributed by atoms with Crippen LogP contribution in [-0.4, -0.2) is 281 Å². The second kappa shape index (κ2) is 50.2. The normalized spacial score (nSPS) is 12.2. The average Bonchev–Trinajstić information content (AvgIpc) is 0.639. The van der Waals surface area contributed by atoms with Crippen molar-refractivity contribution in [3.05, 3.63) is 218 Å². The molecule has 19 aromatic rings. The van der Waals surface area contributed by atoms with Crippen LogP contribution in [0.1, 0.15) is 0 Å². The molecule has 0 aliphatic rings. The average molecular weight is 1950 g/mol. The Balaban J connectivity index is 0.846. The lowest BCUT2D eigenvalue weighted by Crippen LogP contribution is -2.12. The molecule has 24 nitrogen and oxygen atoms in total. The van der Waals surface area contributed by atoms with E-state index in [2.05, 4.69) is 218 Å². The summed E-state index contributed by atoms with van der Waals surface area (Å²) in [5.41, 5.74) is 12.5. The molecule has 0 atom stereocenters. The van der Waals surface area contributed by atoms with Gasteiger partial charge in [-0.15, -0.1) is 0 Å². The van der Waals surface area contributed by atoms with Crippen LogP contribution in [0, 0.1) is 0 Å². The molecule has 19 rings (SSSR count). The maximum Gasteiger partial charge on any atom is 0.119 e.